The summed E-state index contributed by atoms with van der Waals surface area (Å²) in [4.78, 5) is 4.06. The van der Waals surface area contributed by atoms with Gasteiger partial charge in [0.1, 0.15) is 11.4 Å². The van der Waals surface area contributed by atoms with Crippen LogP contribution in [0.2, 0.25) is 5.02 Å². The number of rotatable bonds is 3. The van der Waals surface area contributed by atoms with Gasteiger partial charge >= 0.3 is 0 Å². The summed E-state index contributed by atoms with van der Waals surface area (Å²) in [6.07, 6.45) is 3.16. The second kappa shape index (κ2) is 5.87. The summed E-state index contributed by atoms with van der Waals surface area (Å²) in [6, 6.07) is 16.3. The van der Waals surface area contributed by atoms with E-state index < -0.39 is 11.4 Å². The highest BCUT2D eigenvalue weighted by Gasteiger charge is 2.36. The molecule has 1 N–H and O–H groups in total. The van der Waals surface area contributed by atoms with E-state index in [0.717, 1.165) is 0 Å². The molecular weight excluding hydrogens is 301 g/mol. The minimum atomic E-state index is -1.57. The van der Waals surface area contributed by atoms with Crippen LogP contribution >= 0.6 is 11.6 Å². The Hall–Kier alpha value is -2.23. The number of benzene rings is 2. The fraction of sp³-hybridized carbons (Fsp3) is 0.0556. The van der Waals surface area contributed by atoms with Crippen molar-refractivity contribution in [2.24, 2.45) is 0 Å². The smallest absolute Gasteiger partial charge is 0.143 e. The van der Waals surface area contributed by atoms with Gasteiger partial charge in [0, 0.05) is 28.5 Å². The third-order valence-corrected chi connectivity index (χ3v) is 3.91. The van der Waals surface area contributed by atoms with E-state index in [4.69, 9.17) is 11.6 Å². The highest BCUT2D eigenvalue weighted by atomic mass is 35.5. The second-order valence-corrected chi connectivity index (χ2v) is 5.35. The molecule has 0 bridgehead atoms. The fourth-order valence-electron chi connectivity index (χ4n) is 2.52. The Morgan fingerprint density at radius 2 is 1.73 bits per heavy atom. The molecule has 110 valence electrons. The SMILES string of the molecule is OC(c1cccnc1)(c1cccc(F)c1)c1ccccc1Cl. The Kier molecular flexibility index (Phi) is 3.92. The first-order valence-electron chi connectivity index (χ1n) is 6.76. The molecule has 0 spiro atoms. The molecular formula is C18H13ClFNO. The Labute approximate surface area is 132 Å². The quantitative estimate of drug-likeness (QED) is 0.787. The minimum Gasteiger partial charge on any atom is -0.376 e. The first-order valence-corrected chi connectivity index (χ1v) is 7.14. The molecule has 0 fully saturated rings. The summed E-state index contributed by atoms with van der Waals surface area (Å²) in [7, 11) is 0. The molecule has 0 aliphatic heterocycles. The Balaban J connectivity index is 2.30. The van der Waals surface area contributed by atoms with Gasteiger partial charge in [-0.3, -0.25) is 4.98 Å². The number of nitrogens with zero attached hydrogens (tertiary/aromatic N) is 1. The number of aromatic nitrogens is 1. The van der Waals surface area contributed by atoms with E-state index in [1.807, 2.05) is 0 Å². The summed E-state index contributed by atoms with van der Waals surface area (Å²) in [5.41, 5.74) is -0.174. The number of hydrogen-bond acceptors (Lipinski definition) is 2. The molecule has 2 nitrogen and oxygen atoms in total. The minimum absolute atomic E-state index is 0.397. The largest absolute Gasteiger partial charge is 0.376 e. The van der Waals surface area contributed by atoms with Crippen molar-refractivity contribution in [2.75, 3.05) is 0 Å². The standard InChI is InChI=1S/C18H13ClFNO/c19-17-9-2-1-8-16(17)18(22,14-6-4-10-21-12-14)13-5-3-7-15(20)11-13/h1-12,22H. The molecule has 4 heteroatoms. The molecule has 1 unspecified atom stereocenters. The average Bonchev–Trinajstić information content (AvgIpc) is 2.55. The van der Waals surface area contributed by atoms with Crippen LogP contribution < -0.4 is 0 Å². The molecule has 0 aliphatic rings. The molecule has 3 aromatic rings. The van der Waals surface area contributed by atoms with Crippen LogP contribution in [-0.2, 0) is 5.60 Å². The van der Waals surface area contributed by atoms with Crippen LogP contribution in [0, 0.1) is 5.82 Å². The van der Waals surface area contributed by atoms with Gasteiger partial charge < -0.3 is 5.11 Å². The zero-order valence-electron chi connectivity index (χ0n) is 11.6. The zero-order chi connectivity index (χ0) is 15.6. The lowest BCUT2D eigenvalue weighted by atomic mass is 9.81. The van der Waals surface area contributed by atoms with Crippen LogP contribution in [0.3, 0.4) is 0 Å². The Morgan fingerprint density at radius 3 is 2.41 bits per heavy atom. The van der Waals surface area contributed by atoms with Crippen molar-refractivity contribution in [3.63, 3.8) is 0 Å². The van der Waals surface area contributed by atoms with E-state index in [1.165, 1.54) is 12.1 Å². The third-order valence-electron chi connectivity index (χ3n) is 3.59. The maximum Gasteiger partial charge on any atom is 0.143 e. The van der Waals surface area contributed by atoms with E-state index in [-0.39, 0.29) is 0 Å². The summed E-state index contributed by atoms with van der Waals surface area (Å²) in [6.45, 7) is 0. The van der Waals surface area contributed by atoms with Crippen LogP contribution in [0.25, 0.3) is 0 Å². The van der Waals surface area contributed by atoms with E-state index in [2.05, 4.69) is 4.98 Å². The lowest BCUT2D eigenvalue weighted by molar-refractivity contribution is 0.125. The molecule has 22 heavy (non-hydrogen) atoms. The first kappa shape index (κ1) is 14.7. The van der Waals surface area contributed by atoms with Crippen molar-refractivity contribution < 1.29 is 9.50 Å². The van der Waals surface area contributed by atoms with Gasteiger partial charge in [0.15, 0.2) is 0 Å². The van der Waals surface area contributed by atoms with Gasteiger partial charge in [0.05, 0.1) is 0 Å². The lowest BCUT2D eigenvalue weighted by Gasteiger charge is -2.30. The van der Waals surface area contributed by atoms with Crippen molar-refractivity contribution in [1.29, 1.82) is 0 Å². The lowest BCUT2D eigenvalue weighted by Crippen LogP contribution is -2.29. The van der Waals surface area contributed by atoms with Crippen LogP contribution in [0.1, 0.15) is 16.7 Å². The van der Waals surface area contributed by atoms with Crippen LogP contribution in [0.4, 0.5) is 4.39 Å². The molecule has 1 aromatic heterocycles. The van der Waals surface area contributed by atoms with Crippen LogP contribution in [-0.4, -0.2) is 10.1 Å². The predicted molar refractivity (Wildman–Crippen MR) is 84.2 cm³/mol. The molecule has 1 atom stereocenters. The highest BCUT2D eigenvalue weighted by Crippen LogP contribution is 2.39. The summed E-state index contributed by atoms with van der Waals surface area (Å²) < 4.78 is 13.7. The molecule has 0 saturated heterocycles. The predicted octanol–water partition coefficient (Wildman–Crippen LogP) is 4.16. The van der Waals surface area contributed by atoms with Gasteiger partial charge in [-0.25, -0.2) is 4.39 Å². The summed E-state index contributed by atoms with van der Waals surface area (Å²) in [5, 5.41) is 11.8. The average molecular weight is 314 g/mol. The van der Waals surface area contributed by atoms with Crippen molar-refractivity contribution >= 4 is 11.6 Å². The van der Waals surface area contributed by atoms with Gasteiger partial charge in [0.2, 0.25) is 0 Å². The van der Waals surface area contributed by atoms with Crippen molar-refractivity contribution in [2.45, 2.75) is 5.60 Å². The highest BCUT2D eigenvalue weighted by molar-refractivity contribution is 6.31. The van der Waals surface area contributed by atoms with Gasteiger partial charge in [-0.15, -0.1) is 0 Å². The third kappa shape index (κ3) is 2.49. The van der Waals surface area contributed by atoms with Gasteiger partial charge in [-0.1, -0.05) is 48.0 Å². The van der Waals surface area contributed by atoms with Gasteiger partial charge in [0.25, 0.3) is 0 Å². The van der Waals surface area contributed by atoms with Crippen molar-refractivity contribution in [3.05, 3.63) is 101 Å². The molecule has 0 radical (unpaired) electrons. The van der Waals surface area contributed by atoms with E-state index in [1.54, 1.807) is 60.9 Å². The first-order chi connectivity index (χ1) is 10.6. The summed E-state index contributed by atoms with van der Waals surface area (Å²) in [5.74, 6) is -0.424. The topological polar surface area (TPSA) is 33.1 Å². The normalized spacial score (nSPS) is 13.6. The van der Waals surface area contributed by atoms with E-state index in [0.29, 0.717) is 21.7 Å². The maximum atomic E-state index is 13.7. The van der Waals surface area contributed by atoms with Crippen LogP contribution in [0.5, 0.6) is 0 Å². The molecule has 1 heterocycles. The molecule has 0 saturated carbocycles. The maximum absolute atomic E-state index is 13.7. The number of pyridine rings is 1. The van der Waals surface area contributed by atoms with E-state index in [9.17, 15) is 9.50 Å². The summed E-state index contributed by atoms with van der Waals surface area (Å²) >= 11 is 6.27. The van der Waals surface area contributed by atoms with Crippen molar-refractivity contribution in [3.8, 4) is 0 Å². The number of halogens is 2. The van der Waals surface area contributed by atoms with Crippen molar-refractivity contribution in [1.82, 2.24) is 4.98 Å². The van der Waals surface area contributed by atoms with E-state index >= 15 is 0 Å². The number of aliphatic hydroxyl groups is 1. The molecule has 3 rings (SSSR count). The van der Waals surface area contributed by atoms with Gasteiger partial charge in [-0.2, -0.15) is 0 Å². The monoisotopic (exact) mass is 313 g/mol. The molecule has 0 aliphatic carbocycles. The molecule has 2 aromatic carbocycles. The number of hydrogen-bond donors (Lipinski definition) is 1. The Bertz CT molecular complexity index is 794. The zero-order valence-corrected chi connectivity index (χ0v) is 12.3. The Morgan fingerprint density at radius 1 is 0.955 bits per heavy atom. The molecule has 0 amide bonds. The fourth-order valence-corrected chi connectivity index (χ4v) is 2.80. The second-order valence-electron chi connectivity index (χ2n) is 4.94. The van der Waals surface area contributed by atoms with Crippen LogP contribution in [0.15, 0.2) is 73.1 Å². The van der Waals surface area contributed by atoms with Gasteiger partial charge in [-0.05, 0) is 29.8 Å².